The van der Waals surface area contributed by atoms with Crippen LogP contribution in [0.1, 0.15) is 39.5 Å². The zero-order valence-corrected chi connectivity index (χ0v) is 9.45. The van der Waals surface area contributed by atoms with E-state index in [1.807, 2.05) is 0 Å². The Bertz CT molecular complexity index is 287. The molecule has 15 heavy (non-hydrogen) atoms. The van der Waals surface area contributed by atoms with E-state index in [0.29, 0.717) is 11.8 Å². The van der Waals surface area contributed by atoms with Crippen molar-refractivity contribution in [3.05, 3.63) is 11.3 Å². The molecule has 84 valence electrons. The second-order valence-corrected chi connectivity index (χ2v) is 4.78. The van der Waals surface area contributed by atoms with E-state index >= 15 is 0 Å². The van der Waals surface area contributed by atoms with Crippen LogP contribution in [0.3, 0.4) is 0 Å². The number of carbonyl (C=O) groups is 1. The van der Waals surface area contributed by atoms with Crippen molar-refractivity contribution in [3.8, 4) is 0 Å². The first-order valence-corrected chi connectivity index (χ1v) is 5.71. The van der Waals surface area contributed by atoms with Crippen molar-refractivity contribution in [1.29, 1.82) is 0 Å². The molecule has 2 aliphatic rings. The Hall–Kier alpha value is -0.990. The average molecular weight is 209 g/mol. The quantitative estimate of drug-likeness (QED) is 0.672. The molecule has 0 aromatic carbocycles. The molecule has 3 nitrogen and oxygen atoms in total. The maximum Gasteiger partial charge on any atom is 0.302 e. The summed E-state index contributed by atoms with van der Waals surface area (Å²) >= 11 is 0. The van der Waals surface area contributed by atoms with E-state index in [2.05, 4.69) is 6.92 Å². The van der Waals surface area contributed by atoms with Crippen LogP contribution in [0.4, 0.5) is 0 Å². The van der Waals surface area contributed by atoms with Crippen molar-refractivity contribution in [3.63, 3.8) is 0 Å². The number of ether oxygens (including phenoxy) is 1. The van der Waals surface area contributed by atoms with Crippen LogP contribution in [0.2, 0.25) is 0 Å². The Morgan fingerprint density at radius 2 is 1.93 bits per heavy atom. The first-order chi connectivity index (χ1) is 7.09. The van der Waals surface area contributed by atoms with Crippen LogP contribution in [0.25, 0.3) is 0 Å². The van der Waals surface area contributed by atoms with E-state index in [1.165, 1.54) is 12.5 Å². The lowest BCUT2D eigenvalue weighted by Gasteiger charge is -2.10. The minimum Gasteiger partial charge on any atom is -0.462 e. The van der Waals surface area contributed by atoms with Gasteiger partial charge in [-0.25, -0.2) is 0 Å². The summed E-state index contributed by atoms with van der Waals surface area (Å²) in [5.41, 5.74) is 8.31. The normalized spacial score (nSPS) is 40.0. The molecule has 1 fully saturated rings. The lowest BCUT2D eigenvalue weighted by atomic mass is 9.99. The molecule has 3 heteroatoms. The van der Waals surface area contributed by atoms with Gasteiger partial charge in [-0.1, -0.05) is 5.57 Å². The number of carbonyl (C=O) groups excluding carboxylic acids is 1. The third kappa shape index (κ3) is 2.16. The van der Waals surface area contributed by atoms with Gasteiger partial charge in [-0.3, -0.25) is 4.79 Å². The predicted octanol–water partition coefficient (Wildman–Crippen LogP) is 1.97. The minimum atomic E-state index is -0.149. The standard InChI is InChI=1S/C12H19NO2/c1-7-3-4-9-10(5-6-11(7)13)12(9)15-8(2)14/h9-10,12H,3-6,13H2,1-2H3/b11-7+. The van der Waals surface area contributed by atoms with E-state index in [-0.39, 0.29) is 12.1 Å². The molecule has 0 spiro atoms. The number of nitrogens with two attached hydrogens (primary N) is 1. The molecule has 2 N–H and O–H groups in total. The van der Waals surface area contributed by atoms with Crippen LogP contribution in [-0.4, -0.2) is 12.1 Å². The fourth-order valence-electron chi connectivity index (χ4n) is 2.61. The average Bonchev–Trinajstić information content (AvgIpc) is 2.79. The summed E-state index contributed by atoms with van der Waals surface area (Å²) < 4.78 is 5.29. The molecule has 2 rings (SSSR count). The molecule has 2 aliphatic carbocycles. The highest BCUT2D eigenvalue weighted by molar-refractivity contribution is 5.66. The van der Waals surface area contributed by atoms with Crippen molar-refractivity contribution in [2.24, 2.45) is 17.6 Å². The first kappa shape index (κ1) is 10.5. The van der Waals surface area contributed by atoms with Crippen LogP contribution in [0.5, 0.6) is 0 Å². The summed E-state index contributed by atoms with van der Waals surface area (Å²) in [4.78, 5) is 10.9. The number of fused-ring (bicyclic) bond motifs is 1. The van der Waals surface area contributed by atoms with E-state index in [9.17, 15) is 4.79 Å². The van der Waals surface area contributed by atoms with Crippen molar-refractivity contribution < 1.29 is 9.53 Å². The fraction of sp³-hybridized carbons (Fsp3) is 0.750. The number of hydrogen-bond donors (Lipinski definition) is 1. The minimum absolute atomic E-state index is 0.149. The summed E-state index contributed by atoms with van der Waals surface area (Å²) in [6, 6.07) is 0. The Kier molecular flexibility index (Phi) is 2.72. The highest BCUT2D eigenvalue weighted by Gasteiger charge is 2.52. The molecule has 3 unspecified atom stereocenters. The summed E-state index contributed by atoms with van der Waals surface area (Å²) in [6.07, 6.45) is 4.40. The van der Waals surface area contributed by atoms with Gasteiger partial charge >= 0.3 is 5.97 Å². The van der Waals surface area contributed by atoms with E-state index < -0.39 is 0 Å². The zero-order chi connectivity index (χ0) is 11.0. The predicted molar refractivity (Wildman–Crippen MR) is 57.9 cm³/mol. The Balaban J connectivity index is 1.94. The number of rotatable bonds is 1. The molecule has 0 bridgehead atoms. The second-order valence-electron chi connectivity index (χ2n) is 4.78. The van der Waals surface area contributed by atoms with Gasteiger partial charge in [0.15, 0.2) is 0 Å². The highest BCUT2D eigenvalue weighted by atomic mass is 16.5. The van der Waals surface area contributed by atoms with Gasteiger partial charge in [0.2, 0.25) is 0 Å². The molecule has 0 aliphatic heterocycles. The third-order valence-electron chi connectivity index (χ3n) is 3.70. The topological polar surface area (TPSA) is 52.3 Å². The monoisotopic (exact) mass is 209 g/mol. The molecular formula is C12H19NO2. The van der Waals surface area contributed by atoms with Crippen molar-refractivity contribution in [1.82, 2.24) is 0 Å². The molecule has 1 saturated carbocycles. The zero-order valence-electron chi connectivity index (χ0n) is 9.45. The van der Waals surface area contributed by atoms with E-state index in [1.54, 1.807) is 0 Å². The van der Waals surface area contributed by atoms with Crippen molar-refractivity contribution in [2.45, 2.75) is 45.6 Å². The lowest BCUT2D eigenvalue weighted by molar-refractivity contribution is -0.143. The Morgan fingerprint density at radius 1 is 1.33 bits per heavy atom. The SMILES string of the molecule is CC(=O)OC1C2CC/C(C)=C(/N)CCC21. The van der Waals surface area contributed by atoms with Crippen LogP contribution in [0.15, 0.2) is 11.3 Å². The van der Waals surface area contributed by atoms with Gasteiger partial charge in [0.25, 0.3) is 0 Å². The highest BCUT2D eigenvalue weighted by Crippen LogP contribution is 2.50. The maximum atomic E-state index is 10.9. The Labute approximate surface area is 90.7 Å². The molecule has 0 radical (unpaired) electrons. The van der Waals surface area contributed by atoms with Gasteiger partial charge in [-0.15, -0.1) is 0 Å². The largest absolute Gasteiger partial charge is 0.462 e. The molecule has 3 atom stereocenters. The van der Waals surface area contributed by atoms with Crippen molar-refractivity contribution in [2.75, 3.05) is 0 Å². The van der Waals surface area contributed by atoms with Crippen LogP contribution in [0, 0.1) is 11.8 Å². The first-order valence-electron chi connectivity index (χ1n) is 5.71. The van der Waals surface area contributed by atoms with Gasteiger partial charge in [0.05, 0.1) is 0 Å². The van der Waals surface area contributed by atoms with E-state index in [0.717, 1.165) is 31.4 Å². The van der Waals surface area contributed by atoms with Gasteiger partial charge < -0.3 is 10.5 Å². The lowest BCUT2D eigenvalue weighted by Crippen LogP contribution is -2.05. The van der Waals surface area contributed by atoms with Crippen LogP contribution in [-0.2, 0) is 9.53 Å². The summed E-state index contributed by atoms with van der Waals surface area (Å²) in [7, 11) is 0. The third-order valence-corrected chi connectivity index (χ3v) is 3.70. The van der Waals surface area contributed by atoms with Gasteiger partial charge in [0, 0.05) is 24.5 Å². The summed E-state index contributed by atoms with van der Waals surface area (Å²) in [6.45, 7) is 3.60. The van der Waals surface area contributed by atoms with Crippen LogP contribution < -0.4 is 5.73 Å². The van der Waals surface area contributed by atoms with Crippen molar-refractivity contribution >= 4 is 5.97 Å². The number of esters is 1. The van der Waals surface area contributed by atoms with Gasteiger partial charge in [-0.05, 0) is 32.6 Å². The summed E-state index contributed by atoms with van der Waals surface area (Å²) in [5, 5.41) is 0. The van der Waals surface area contributed by atoms with E-state index in [4.69, 9.17) is 10.5 Å². The Morgan fingerprint density at radius 3 is 2.53 bits per heavy atom. The van der Waals surface area contributed by atoms with Crippen LogP contribution >= 0.6 is 0 Å². The summed E-state index contributed by atoms with van der Waals surface area (Å²) in [5.74, 6) is 1.02. The van der Waals surface area contributed by atoms with Gasteiger partial charge in [-0.2, -0.15) is 0 Å². The molecule has 0 heterocycles. The molecule has 0 saturated heterocycles. The molecule has 0 amide bonds. The maximum absolute atomic E-state index is 10.9. The van der Waals surface area contributed by atoms with Gasteiger partial charge in [0.1, 0.15) is 6.10 Å². The molecule has 0 aromatic heterocycles. The smallest absolute Gasteiger partial charge is 0.302 e. The number of allylic oxidation sites excluding steroid dienone is 2. The number of hydrogen-bond acceptors (Lipinski definition) is 3. The second kappa shape index (κ2) is 3.87. The molecule has 0 aromatic rings. The molecular weight excluding hydrogens is 190 g/mol. The fourth-order valence-corrected chi connectivity index (χ4v) is 2.61.